The lowest BCUT2D eigenvalue weighted by molar-refractivity contribution is -0.155. The molecule has 1 aliphatic carbocycles. The number of piperidine rings is 2. The number of halogens is 3. The molecule has 0 saturated carbocycles. The Balaban J connectivity index is 1.15. The Bertz CT molecular complexity index is 1490. The second-order valence-electron chi connectivity index (χ2n) is 12.8. The molecule has 12 heteroatoms. The molecule has 2 amide bonds. The van der Waals surface area contributed by atoms with E-state index in [-0.39, 0.29) is 43.1 Å². The lowest BCUT2D eigenvalue weighted by Crippen LogP contribution is -2.43. The van der Waals surface area contributed by atoms with E-state index in [2.05, 4.69) is 44.0 Å². The summed E-state index contributed by atoms with van der Waals surface area (Å²) in [6.07, 6.45) is 6.35. The number of fused-ring (bicyclic) bond motifs is 2. The van der Waals surface area contributed by atoms with Gasteiger partial charge in [-0.25, -0.2) is 0 Å². The van der Waals surface area contributed by atoms with E-state index >= 15 is 0 Å². The van der Waals surface area contributed by atoms with Gasteiger partial charge in [0.1, 0.15) is 6.10 Å². The highest BCUT2D eigenvalue weighted by Gasteiger charge is 2.37. The molecule has 47 heavy (non-hydrogen) atoms. The van der Waals surface area contributed by atoms with Crippen molar-refractivity contribution >= 4 is 67.2 Å². The summed E-state index contributed by atoms with van der Waals surface area (Å²) in [5.74, 6) is -0.357. The van der Waals surface area contributed by atoms with E-state index in [1.54, 1.807) is 11.8 Å². The van der Waals surface area contributed by atoms with Gasteiger partial charge in [-0.3, -0.25) is 24.2 Å². The van der Waals surface area contributed by atoms with Gasteiger partial charge in [0.05, 0.1) is 25.1 Å². The van der Waals surface area contributed by atoms with Crippen LogP contribution >= 0.6 is 43.5 Å². The van der Waals surface area contributed by atoms with Crippen LogP contribution in [0.15, 0.2) is 33.3 Å². The zero-order valence-electron chi connectivity index (χ0n) is 26.9. The molecular weight excluding hydrogens is 754 g/mol. The van der Waals surface area contributed by atoms with Crippen LogP contribution in [-0.4, -0.2) is 77.4 Å². The average Bonchev–Trinajstić information content (AvgIpc) is 3.18. The first-order valence-corrected chi connectivity index (χ1v) is 18.5. The first-order valence-electron chi connectivity index (χ1n) is 16.5. The van der Waals surface area contributed by atoms with Crippen LogP contribution in [0.1, 0.15) is 87.1 Å². The molecule has 0 N–H and O–H groups in total. The number of carbonyl (C=O) groups is 4. The van der Waals surface area contributed by atoms with Crippen LogP contribution < -0.4 is 0 Å². The van der Waals surface area contributed by atoms with Gasteiger partial charge in [0.15, 0.2) is 0 Å². The molecule has 2 atom stereocenters. The third-order valence-corrected chi connectivity index (χ3v) is 11.0. The Kier molecular flexibility index (Phi) is 12.4. The molecule has 2 fully saturated rings. The first kappa shape index (κ1) is 35.8. The van der Waals surface area contributed by atoms with E-state index in [0.29, 0.717) is 38.5 Å². The Labute approximate surface area is 298 Å². The van der Waals surface area contributed by atoms with Crippen LogP contribution in [0.25, 0.3) is 0 Å². The van der Waals surface area contributed by atoms with Gasteiger partial charge >= 0.3 is 11.9 Å². The number of carbonyl (C=O) groups excluding carboxylic acids is 4. The topological polar surface area (TPSA) is 106 Å². The van der Waals surface area contributed by atoms with Gasteiger partial charge in [0.25, 0.3) is 0 Å². The first-order chi connectivity index (χ1) is 22.5. The molecule has 9 nitrogen and oxygen atoms in total. The maximum Gasteiger partial charge on any atom is 0.309 e. The van der Waals surface area contributed by atoms with Crippen molar-refractivity contribution in [3.63, 3.8) is 0 Å². The lowest BCUT2D eigenvalue weighted by atomic mass is 9.76. The van der Waals surface area contributed by atoms with Gasteiger partial charge < -0.3 is 19.3 Å². The highest BCUT2D eigenvalue weighted by Crippen LogP contribution is 2.46. The average molecular weight is 796 g/mol. The molecule has 3 aliphatic rings. The Hall–Kier alpha value is -2.50. The molecule has 254 valence electrons. The largest absolute Gasteiger partial charge is 0.466 e. The SMILES string of the molecule is CCOC(=O)CC(CC(=O)N1CCC(CC(=O)N2CCC([C@H]3c4ncc(Br)cc4CCc4cc(Cl)cc(Br)c43)CC2)CC1)OC(C)=O. The number of likely N-dealkylation sites (tertiary alicyclic amines) is 2. The predicted molar refractivity (Wildman–Crippen MR) is 185 cm³/mol. The minimum absolute atomic E-state index is 0.0662. The lowest BCUT2D eigenvalue weighted by Gasteiger charge is -2.38. The molecule has 5 rings (SSSR count). The number of pyridine rings is 1. The van der Waals surface area contributed by atoms with Crippen molar-refractivity contribution in [2.75, 3.05) is 32.8 Å². The number of rotatable bonds is 9. The van der Waals surface area contributed by atoms with Crippen molar-refractivity contribution < 1.29 is 28.7 Å². The smallest absolute Gasteiger partial charge is 0.309 e. The van der Waals surface area contributed by atoms with Crippen molar-refractivity contribution in [3.05, 3.63) is 60.7 Å². The fraction of sp³-hybridized carbons (Fsp3) is 0.571. The number of hydrogen-bond donors (Lipinski definition) is 0. The molecular formula is C35H42Br2ClN3O6. The maximum atomic E-state index is 13.5. The van der Waals surface area contributed by atoms with Crippen molar-refractivity contribution in [2.24, 2.45) is 11.8 Å². The number of hydrogen-bond acceptors (Lipinski definition) is 7. The number of nitrogens with zero attached hydrogens (tertiary/aromatic N) is 3. The Morgan fingerprint density at radius 3 is 2.28 bits per heavy atom. The molecule has 1 aromatic carbocycles. The minimum atomic E-state index is -0.849. The second-order valence-corrected chi connectivity index (χ2v) is 15.0. The van der Waals surface area contributed by atoms with Gasteiger partial charge in [0, 0.05) is 65.6 Å². The Morgan fingerprint density at radius 2 is 1.60 bits per heavy atom. The van der Waals surface area contributed by atoms with Gasteiger partial charge in [-0.1, -0.05) is 27.5 Å². The number of amides is 2. The van der Waals surface area contributed by atoms with Crippen LogP contribution in [0.4, 0.5) is 0 Å². The number of benzene rings is 1. The summed E-state index contributed by atoms with van der Waals surface area (Å²) in [5.41, 5.74) is 4.91. The van der Waals surface area contributed by atoms with E-state index in [1.165, 1.54) is 23.6 Å². The molecule has 2 aliphatic heterocycles. The molecule has 1 unspecified atom stereocenters. The predicted octanol–water partition coefficient (Wildman–Crippen LogP) is 6.63. The van der Waals surface area contributed by atoms with Crippen LogP contribution in [0.3, 0.4) is 0 Å². The Morgan fingerprint density at radius 1 is 0.936 bits per heavy atom. The monoisotopic (exact) mass is 793 g/mol. The van der Waals surface area contributed by atoms with Crippen LogP contribution in [-0.2, 0) is 41.5 Å². The van der Waals surface area contributed by atoms with E-state index in [0.717, 1.165) is 58.2 Å². The van der Waals surface area contributed by atoms with Gasteiger partial charge in [-0.05, 0) is 108 Å². The van der Waals surface area contributed by atoms with Crippen molar-refractivity contribution in [1.29, 1.82) is 0 Å². The normalized spacial score (nSPS) is 19.3. The zero-order chi connectivity index (χ0) is 33.7. The minimum Gasteiger partial charge on any atom is -0.466 e. The summed E-state index contributed by atoms with van der Waals surface area (Å²) in [7, 11) is 0. The highest BCUT2D eigenvalue weighted by molar-refractivity contribution is 9.10. The fourth-order valence-corrected chi connectivity index (χ4v) is 8.89. The number of aromatic nitrogens is 1. The van der Waals surface area contributed by atoms with E-state index < -0.39 is 18.0 Å². The third-order valence-electron chi connectivity index (χ3n) is 9.65. The summed E-state index contributed by atoms with van der Waals surface area (Å²) >= 11 is 13.9. The zero-order valence-corrected chi connectivity index (χ0v) is 30.9. The van der Waals surface area contributed by atoms with E-state index in [9.17, 15) is 19.2 Å². The molecule has 1 aromatic heterocycles. The number of ether oxygens (including phenoxy) is 2. The van der Waals surface area contributed by atoms with E-state index in [1.807, 2.05) is 17.2 Å². The van der Waals surface area contributed by atoms with Crippen molar-refractivity contribution in [1.82, 2.24) is 14.8 Å². The molecule has 2 aromatic rings. The summed E-state index contributed by atoms with van der Waals surface area (Å²) < 4.78 is 12.2. The summed E-state index contributed by atoms with van der Waals surface area (Å²) in [6.45, 7) is 5.67. The van der Waals surface area contributed by atoms with Crippen molar-refractivity contribution in [2.45, 2.75) is 83.7 Å². The molecule has 0 bridgehead atoms. The van der Waals surface area contributed by atoms with E-state index in [4.69, 9.17) is 26.1 Å². The molecule has 0 spiro atoms. The number of aryl methyl sites for hydroxylation is 2. The van der Waals surface area contributed by atoms with Crippen LogP contribution in [0, 0.1) is 11.8 Å². The third kappa shape index (κ3) is 9.15. The van der Waals surface area contributed by atoms with Crippen LogP contribution in [0.5, 0.6) is 0 Å². The second kappa shape index (κ2) is 16.3. The van der Waals surface area contributed by atoms with Crippen LogP contribution in [0.2, 0.25) is 5.02 Å². The quantitative estimate of drug-likeness (QED) is 0.263. The number of esters is 2. The molecule has 2 saturated heterocycles. The summed E-state index contributed by atoms with van der Waals surface area (Å²) in [4.78, 5) is 58.6. The van der Waals surface area contributed by atoms with Gasteiger partial charge in [-0.15, -0.1) is 0 Å². The van der Waals surface area contributed by atoms with Gasteiger partial charge in [-0.2, -0.15) is 0 Å². The molecule has 0 radical (unpaired) electrons. The van der Waals surface area contributed by atoms with Crippen molar-refractivity contribution in [3.8, 4) is 0 Å². The fourth-order valence-electron chi connectivity index (χ4n) is 7.39. The highest BCUT2D eigenvalue weighted by atomic mass is 79.9. The molecule has 3 heterocycles. The standard InChI is InChI=1S/C35H42Br2ClN3O6/c1-3-46-32(45)19-28(47-21(2)42)18-31(44)40-10-6-22(7-11-40)14-30(43)41-12-8-23(9-13-41)34-33-24(16-27(38)17-29(33)37)4-5-25-15-26(36)20-39-35(25)34/h15-17,20,22-23,28,34H,3-14,18-19H2,1-2H3/t28?,34-/m1/s1. The summed E-state index contributed by atoms with van der Waals surface area (Å²) in [6, 6.07) is 6.27. The van der Waals surface area contributed by atoms with Gasteiger partial charge in [0.2, 0.25) is 11.8 Å². The maximum absolute atomic E-state index is 13.5. The summed E-state index contributed by atoms with van der Waals surface area (Å²) in [5, 5.41) is 0.727.